The summed E-state index contributed by atoms with van der Waals surface area (Å²) in [5.74, 6) is 0.00292. The van der Waals surface area contributed by atoms with E-state index < -0.39 is 0 Å². The normalized spacial score (nSPS) is 10.5. The average molecular weight is 298 g/mol. The second kappa shape index (κ2) is 5.89. The van der Waals surface area contributed by atoms with Gasteiger partial charge in [0.25, 0.3) is 0 Å². The van der Waals surface area contributed by atoms with Crippen LogP contribution in [0.3, 0.4) is 0 Å². The number of ketones is 1. The predicted octanol–water partition coefficient (Wildman–Crippen LogP) is 3.48. The highest BCUT2D eigenvalue weighted by atomic mass is 35.5. The molecule has 0 aliphatic rings. The number of aromatic nitrogens is 3. The molecule has 2 aromatic carbocycles. The van der Waals surface area contributed by atoms with Crippen molar-refractivity contribution >= 4 is 17.4 Å². The smallest absolute Gasteiger partial charge is 0.184 e. The molecule has 104 valence electrons. The highest BCUT2D eigenvalue weighted by Gasteiger charge is 2.07. The van der Waals surface area contributed by atoms with Crippen LogP contribution in [-0.2, 0) is 6.54 Å². The van der Waals surface area contributed by atoms with E-state index in [2.05, 4.69) is 10.1 Å². The highest BCUT2D eigenvalue weighted by Crippen LogP contribution is 2.22. The molecular weight excluding hydrogens is 286 g/mol. The van der Waals surface area contributed by atoms with Crippen LogP contribution in [0.2, 0.25) is 5.02 Å². The van der Waals surface area contributed by atoms with E-state index >= 15 is 0 Å². The standard InChI is InChI=1S/C16H12ClN3O/c17-15-7-5-13(6-8-15)12-1-3-14(4-2-12)16(21)9-20-11-18-10-19-20/h1-8,10-11H,9H2. The van der Waals surface area contributed by atoms with Crippen molar-refractivity contribution in [2.75, 3.05) is 0 Å². The molecule has 0 fully saturated rings. The first-order chi connectivity index (χ1) is 10.2. The molecule has 0 radical (unpaired) electrons. The van der Waals surface area contributed by atoms with Crippen molar-refractivity contribution < 1.29 is 4.79 Å². The maximum atomic E-state index is 12.1. The van der Waals surface area contributed by atoms with E-state index in [9.17, 15) is 4.79 Å². The lowest BCUT2D eigenvalue weighted by Gasteiger charge is -2.04. The van der Waals surface area contributed by atoms with E-state index in [1.165, 1.54) is 17.3 Å². The van der Waals surface area contributed by atoms with Crippen molar-refractivity contribution in [1.29, 1.82) is 0 Å². The SMILES string of the molecule is O=C(Cn1cncn1)c1ccc(-c2ccc(Cl)cc2)cc1. The van der Waals surface area contributed by atoms with Gasteiger partial charge in [-0.1, -0.05) is 48.0 Å². The third kappa shape index (κ3) is 3.17. The molecule has 3 rings (SSSR count). The first-order valence-electron chi connectivity index (χ1n) is 6.44. The molecule has 0 aliphatic carbocycles. The number of carbonyl (C=O) groups is 1. The molecule has 0 amide bonds. The Bertz CT molecular complexity index is 734. The van der Waals surface area contributed by atoms with Crippen molar-refractivity contribution in [3.63, 3.8) is 0 Å². The summed E-state index contributed by atoms with van der Waals surface area (Å²) >= 11 is 5.88. The zero-order valence-electron chi connectivity index (χ0n) is 11.1. The fourth-order valence-electron chi connectivity index (χ4n) is 2.04. The molecule has 4 nitrogen and oxygen atoms in total. The van der Waals surface area contributed by atoms with Gasteiger partial charge in [0.05, 0.1) is 0 Å². The molecule has 0 saturated heterocycles. The van der Waals surface area contributed by atoms with E-state index in [1.54, 1.807) is 0 Å². The molecule has 5 heteroatoms. The van der Waals surface area contributed by atoms with E-state index in [0.717, 1.165) is 11.1 Å². The second-order valence-electron chi connectivity index (χ2n) is 4.60. The van der Waals surface area contributed by atoms with Crippen LogP contribution in [0.25, 0.3) is 11.1 Å². The molecule has 0 aliphatic heterocycles. The Morgan fingerprint density at radius 1 is 1.00 bits per heavy atom. The van der Waals surface area contributed by atoms with Crippen molar-refractivity contribution in [2.24, 2.45) is 0 Å². The van der Waals surface area contributed by atoms with E-state index in [4.69, 9.17) is 11.6 Å². The monoisotopic (exact) mass is 297 g/mol. The number of Topliss-reactive ketones (excluding diaryl/α,β-unsaturated/α-hetero) is 1. The van der Waals surface area contributed by atoms with Gasteiger partial charge in [0, 0.05) is 10.6 Å². The van der Waals surface area contributed by atoms with Crippen LogP contribution in [0.1, 0.15) is 10.4 Å². The fourth-order valence-corrected chi connectivity index (χ4v) is 2.17. The molecule has 3 aromatic rings. The van der Waals surface area contributed by atoms with Gasteiger partial charge in [-0.15, -0.1) is 0 Å². The van der Waals surface area contributed by atoms with Crippen molar-refractivity contribution in [3.05, 3.63) is 71.8 Å². The Kier molecular flexibility index (Phi) is 3.79. The third-order valence-electron chi connectivity index (χ3n) is 3.16. The number of rotatable bonds is 4. The molecule has 0 spiro atoms. The average Bonchev–Trinajstić information content (AvgIpc) is 3.01. The summed E-state index contributed by atoms with van der Waals surface area (Å²) in [5, 5.41) is 4.63. The Morgan fingerprint density at radius 3 is 2.19 bits per heavy atom. The lowest BCUT2D eigenvalue weighted by Crippen LogP contribution is -2.10. The minimum absolute atomic E-state index is 0.00292. The van der Waals surface area contributed by atoms with Crippen LogP contribution in [0.4, 0.5) is 0 Å². The van der Waals surface area contributed by atoms with Crippen molar-refractivity contribution in [2.45, 2.75) is 6.54 Å². The molecule has 0 bridgehead atoms. The molecule has 21 heavy (non-hydrogen) atoms. The number of benzene rings is 2. The Balaban J connectivity index is 1.77. The molecule has 0 N–H and O–H groups in total. The van der Waals surface area contributed by atoms with Gasteiger partial charge >= 0.3 is 0 Å². The van der Waals surface area contributed by atoms with Crippen LogP contribution < -0.4 is 0 Å². The largest absolute Gasteiger partial charge is 0.292 e. The fraction of sp³-hybridized carbons (Fsp3) is 0.0625. The number of nitrogens with zero attached hydrogens (tertiary/aromatic N) is 3. The third-order valence-corrected chi connectivity index (χ3v) is 3.41. The molecule has 0 atom stereocenters. The zero-order valence-corrected chi connectivity index (χ0v) is 11.9. The number of halogens is 1. The molecular formula is C16H12ClN3O. The zero-order chi connectivity index (χ0) is 14.7. The van der Waals surface area contributed by atoms with Crippen LogP contribution in [0, 0.1) is 0 Å². The maximum absolute atomic E-state index is 12.1. The van der Waals surface area contributed by atoms with Crippen LogP contribution in [-0.4, -0.2) is 20.5 Å². The summed E-state index contributed by atoms with van der Waals surface area (Å²) in [7, 11) is 0. The maximum Gasteiger partial charge on any atom is 0.184 e. The minimum atomic E-state index is 0.00292. The first-order valence-corrected chi connectivity index (χ1v) is 6.82. The number of carbonyl (C=O) groups excluding carboxylic acids is 1. The van der Waals surface area contributed by atoms with Gasteiger partial charge in [-0.05, 0) is 23.3 Å². The Hall–Kier alpha value is -2.46. The predicted molar refractivity (Wildman–Crippen MR) is 81.2 cm³/mol. The second-order valence-corrected chi connectivity index (χ2v) is 5.04. The number of hydrogen-bond acceptors (Lipinski definition) is 3. The van der Waals surface area contributed by atoms with Gasteiger partial charge in [0.1, 0.15) is 19.2 Å². The molecule has 0 unspecified atom stereocenters. The summed E-state index contributed by atoms with van der Waals surface area (Å²) < 4.78 is 1.51. The minimum Gasteiger partial charge on any atom is -0.292 e. The van der Waals surface area contributed by atoms with Gasteiger partial charge in [-0.25, -0.2) is 9.67 Å². The van der Waals surface area contributed by atoms with Crippen molar-refractivity contribution in [3.8, 4) is 11.1 Å². The van der Waals surface area contributed by atoms with E-state index in [0.29, 0.717) is 10.6 Å². The van der Waals surface area contributed by atoms with Gasteiger partial charge in [0.15, 0.2) is 5.78 Å². The Morgan fingerprint density at radius 2 is 1.62 bits per heavy atom. The quantitative estimate of drug-likeness (QED) is 0.693. The van der Waals surface area contributed by atoms with E-state index in [1.807, 2.05) is 48.5 Å². The number of hydrogen-bond donors (Lipinski definition) is 0. The topological polar surface area (TPSA) is 47.8 Å². The van der Waals surface area contributed by atoms with Crippen LogP contribution in [0.5, 0.6) is 0 Å². The van der Waals surface area contributed by atoms with Gasteiger partial charge in [-0.3, -0.25) is 4.79 Å². The summed E-state index contributed by atoms with van der Waals surface area (Å²) in [6.45, 7) is 0.195. The summed E-state index contributed by atoms with van der Waals surface area (Å²) in [5.41, 5.74) is 2.77. The molecule has 1 heterocycles. The summed E-state index contributed by atoms with van der Waals surface area (Å²) in [6.07, 6.45) is 2.94. The summed E-state index contributed by atoms with van der Waals surface area (Å²) in [4.78, 5) is 15.9. The summed E-state index contributed by atoms with van der Waals surface area (Å²) in [6, 6.07) is 15.1. The molecule has 1 aromatic heterocycles. The lowest BCUT2D eigenvalue weighted by molar-refractivity contribution is 0.0967. The molecule has 0 saturated carbocycles. The Labute approximate surface area is 127 Å². The van der Waals surface area contributed by atoms with Crippen LogP contribution >= 0.6 is 11.6 Å². The van der Waals surface area contributed by atoms with Gasteiger partial charge in [0.2, 0.25) is 0 Å². The first kappa shape index (κ1) is 13.5. The van der Waals surface area contributed by atoms with E-state index in [-0.39, 0.29) is 12.3 Å². The lowest BCUT2D eigenvalue weighted by atomic mass is 10.0. The van der Waals surface area contributed by atoms with Crippen molar-refractivity contribution in [1.82, 2.24) is 14.8 Å². The van der Waals surface area contributed by atoms with Gasteiger partial charge < -0.3 is 0 Å². The highest BCUT2D eigenvalue weighted by molar-refractivity contribution is 6.30. The van der Waals surface area contributed by atoms with Crippen LogP contribution in [0.15, 0.2) is 61.2 Å². The van der Waals surface area contributed by atoms with Gasteiger partial charge in [-0.2, -0.15) is 5.10 Å².